The van der Waals surface area contributed by atoms with Gasteiger partial charge in [0.15, 0.2) is 11.5 Å². The fourth-order valence-corrected chi connectivity index (χ4v) is 6.61. The maximum atomic E-state index is 12.1. The molecule has 2 aromatic heterocycles. The molecule has 0 bridgehead atoms. The zero-order valence-electron chi connectivity index (χ0n) is 17.3. The van der Waals surface area contributed by atoms with Gasteiger partial charge in [0.05, 0.1) is 18.5 Å². The van der Waals surface area contributed by atoms with Gasteiger partial charge in [-0.25, -0.2) is 18.7 Å². The highest BCUT2D eigenvalue weighted by Gasteiger charge is 2.47. The number of ether oxygens (including phenoxy) is 1. The Balaban J connectivity index is 1.76. The van der Waals surface area contributed by atoms with Gasteiger partial charge in [0, 0.05) is 5.92 Å². The van der Waals surface area contributed by atoms with Crippen LogP contribution in [0.25, 0.3) is 11.2 Å². The molecule has 0 spiro atoms. The lowest BCUT2D eigenvalue weighted by Crippen LogP contribution is -2.30. The Morgan fingerprint density at radius 1 is 1.18 bits per heavy atom. The number of phosphoric acid groups is 3. The molecule has 1 fully saturated rings. The maximum Gasteiger partial charge on any atom is 0.490 e. The van der Waals surface area contributed by atoms with Crippen molar-refractivity contribution in [2.75, 3.05) is 18.1 Å². The van der Waals surface area contributed by atoms with Gasteiger partial charge in [-0.3, -0.25) is 9.09 Å². The van der Waals surface area contributed by atoms with Crippen molar-refractivity contribution in [2.24, 2.45) is 5.92 Å². The van der Waals surface area contributed by atoms with Crippen LogP contribution in [0.15, 0.2) is 6.33 Å². The first-order valence-electron chi connectivity index (χ1n) is 9.25. The van der Waals surface area contributed by atoms with E-state index in [1.807, 2.05) is 6.92 Å². The van der Waals surface area contributed by atoms with E-state index in [9.17, 15) is 23.5 Å². The molecule has 186 valence electrons. The van der Waals surface area contributed by atoms with Crippen LogP contribution in [-0.2, 0) is 31.6 Å². The van der Waals surface area contributed by atoms with Crippen molar-refractivity contribution in [3.05, 3.63) is 6.33 Å². The second-order valence-corrected chi connectivity index (χ2v) is 11.9. The molecule has 8 N–H and O–H groups in total. The van der Waals surface area contributed by atoms with E-state index in [0.717, 1.165) is 0 Å². The van der Waals surface area contributed by atoms with Gasteiger partial charge in [-0.05, 0) is 19.8 Å². The number of nitrogen functional groups attached to an aromatic ring is 2. The number of hydrogen-bond donors (Lipinski definition) is 6. The second-order valence-electron chi connectivity index (χ2n) is 7.49. The minimum atomic E-state index is -5.62. The summed E-state index contributed by atoms with van der Waals surface area (Å²) < 4.78 is 54.1. The Hall–Kier alpha value is -1.48. The van der Waals surface area contributed by atoms with Crippen LogP contribution in [-0.4, -0.2) is 51.3 Å². The molecule has 0 aliphatic carbocycles. The first-order chi connectivity index (χ1) is 15.0. The summed E-state index contributed by atoms with van der Waals surface area (Å²) in [5.41, 5.74) is 11.0. The van der Waals surface area contributed by atoms with E-state index < -0.39 is 41.9 Å². The molecule has 1 aliphatic heterocycles. The first-order valence-corrected chi connectivity index (χ1v) is 13.8. The van der Waals surface area contributed by atoms with Crippen LogP contribution < -0.4 is 11.5 Å². The summed E-state index contributed by atoms with van der Waals surface area (Å²) in [7, 11) is -16.4. The largest absolute Gasteiger partial charge is 0.490 e. The minimum Gasteiger partial charge on any atom is -0.382 e. The average molecular weight is 532 g/mol. The maximum absolute atomic E-state index is 12.1. The smallest absolute Gasteiger partial charge is 0.382 e. The summed E-state index contributed by atoms with van der Waals surface area (Å²) in [5, 5.41) is 0. The quantitative estimate of drug-likeness (QED) is 0.246. The van der Waals surface area contributed by atoms with Gasteiger partial charge in [-0.15, -0.1) is 0 Å². The molecule has 20 heteroatoms. The number of fused-ring (bicyclic) bond motifs is 1. The van der Waals surface area contributed by atoms with E-state index in [2.05, 4.69) is 23.6 Å². The SMILES string of the molecule is CCC1CC(C)(COP(=O)(O)OP(=O)(O)OP(=O)(O)O)OC1n1cnc2c(N)nc(N)nc21. The van der Waals surface area contributed by atoms with Crippen molar-refractivity contribution >= 4 is 46.4 Å². The molecule has 1 aliphatic rings. The van der Waals surface area contributed by atoms with Crippen LogP contribution in [0.4, 0.5) is 11.8 Å². The molecule has 0 amide bonds. The summed E-state index contributed by atoms with van der Waals surface area (Å²) in [5.74, 6) is -0.129. The normalized spacial score (nSPS) is 27.5. The first kappa shape index (κ1) is 26.1. The fraction of sp³-hybridized carbons (Fsp3) is 0.615. The highest BCUT2D eigenvalue weighted by Crippen LogP contribution is 2.66. The molecule has 1 saturated heterocycles. The molecule has 2 aromatic rings. The van der Waals surface area contributed by atoms with E-state index in [0.29, 0.717) is 24.0 Å². The van der Waals surface area contributed by atoms with Crippen LogP contribution in [0.1, 0.15) is 32.9 Å². The molecular weight excluding hydrogens is 509 g/mol. The van der Waals surface area contributed by atoms with Gasteiger partial charge in [0.2, 0.25) is 5.95 Å². The van der Waals surface area contributed by atoms with Crippen LogP contribution in [0, 0.1) is 5.92 Å². The Morgan fingerprint density at radius 3 is 2.45 bits per heavy atom. The van der Waals surface area contributed by atoms with Gasteiger partial charge in [-0.2, -0.15) is 18.6 Å². The molecule has 5 unspecified atom stereocenters. The van der Waals surface area contributed by atoms with Crippen LogP contribution >= 0.6 is 23.5 Å². The van der Waals surface area contributed by atoms with Crippen molar-refractivity contribution in [3.63, 3.8) is 0 Å². The monoisotopic (exact) mass is 532 g/mol. The zero-order valence-corrected chi connectivity index (χ0v) is 20.0. The van der Waals surface area contributed by atoms with Gasteiger partial charge >= 0.3 is 23.5 Å². The lowest BCUT2D eigenvalue weighted by Gasteiger charge is -2.26. The third-order valence-corrected chi connectivity index (χ3v) is 8.50. The summed E-state index contributed by atoms with van der Waals surface area (Å²) in [6.45, 7) is 2.87. The summed E-state index contributed by atoms with van der Waals surface area (Å²) in [6, 6.07) is 0. The molecular formula is C13H23N6O11P3. The van der Waals surface area contributed by atoms with E-state index in [1.54, 1.807) is 11.5 Å². The van der Waals surface area contributed by atoms with E-state index in [1.165, 1.54) is 6.33 Å². The number of anilines is 2. The van der Waals surface area contributed by atoms with Crippen LogP contribution in [0.5, 0.6) is 0 Å². The number of hydrogen-bond acceptors (Lipinski definition) is 12. The lowest BCUT2D eigenvalue weighted by atomic mass is 9.93. The van der Waals surface area contributed by atoms with Crippen LogP contribution in [0.3, 0.4) is 0 Å². The van der Waals surface area contributed by atoms with Crippen molar-refractivity contribution in [1.82, 2.24) is 19.5 Å². The lowest BCUT2D eigenvalue weighted by molar-refractivity contribution is -0.0893. The van der Waals surface area contributed by atoms with Gasteiger partial charge in [0.1, 0.15) is 11.7 Å². The topological polar surface area (TPSA) is 265 Å². The summed E-state index contributed by atoms with van der Waals surface area (Å²) in [4.78, 5) is 48.4. The second kappa shape index (κ2) is 8.95. The minimum absolute atomic E-state index is 0.0665. The van der Waals surface area contributed by atoms with Crippen molar-refractivity contribution < 1.29 is 51.2 Å². The van der Waals surface area contributed by atoms with Crippen molar-refractivity contribution in [3.8, 4) is 0 Å². The van der Waals surface area contributed by atoms with Crippen LogP contribution in [0.2, 0.25) is 0 Å². The number of nitrogens with zero attached hydrogens (tertiary/aromatic N) is 4. The number of phosphoric ester groups is 1. The summed E-state index contributed by atoms with van der Waals surface area (Å²) >= 11 is 0. The summed E-state index contributed by atoms with van der Waals surface area (Å²) in [6.07, 6.45) is 1.73. The van der Waals surface area contributed by atoms with Gasteiger partial charge < -0.3 is 35.8 Å². The van der Waals surface area contributed by atoms with E-state index in [4.69, 9.17) is 30.5 Å². The number of aromatic nitrogens is 4. The highest BCUT2D eigenvalue weighted by molar-refractivity contribution is 7.66. The zero-order chi connectivity index (χ0) is 24.8. The van der Waals surface area contributed by atoms with Gasteiger partial charge in [-0.1, -0.05) is 6.92 Å². The predicted octanol–water partition coefficient (Wildman–Crippen LogP) is 1.04. The molecule has 0 saturated carbocycles. The standard InChI is InChI=1S/C13H23N6O11P3/c1-3-7-4-13(2,5-27-32(23,24)30-33(25,26)29-31(20,21)22)28-11(7)19-6-16-8-9(14)17-12(15)18-10(8)19/h6-7,11H,3-5H2,1-2H3,(H,23,24)(H,25,26)(H2,20,21,22)(H4,14,15,17,18). The molecule has 3 heterocycles. The average Bonchev–Trinajstić information content (AvgIpc) is 3.18. The van der Waals surface area contributed by atoms with E-state index in [-0.39, 0.29) is 17.7 Å². The van der Waals surface area contributed by atoms with Gasteiger partial charge in [0.25, 0.3) is 0 Å². The number of nitrogens with two attached hydrogens (primary N) is 2. The molecule has 0 aromatic carbocycles. The Morgan fingerprint density at radius 2 is 1.85 bits per heavy atom. The Kier molecular flexibility index (Phi) is 7.08. The van der Waals surface area contributed by atoms with Crippen molar-refractivity contribution in [1.29, 1.82) is 0 Å². The number of imidazole rings is 1. The third kappa shape index (κ3) is 6.35. The highest BCUT2D eigenvalue weighted by atomic mass is 31.3. The van der Waals surface area contributed by atoms with E-state index >= 15 is 0 Å². The predicted molar refractivity (Wildman–Crippen MR) is 111 cm³/mol. The molecule has 3 rings (SSSR count). The fourth-order valence-electron chi connectivity index (χ4n) is 3.48. The molecule has 5 atom stereocenters. The third-order valence-electron chi connectivity index (χ3n) is 4.72. The number of rotatable bonds is 9. The van der Waals surface area contributed by atoms with Crippen molar-refractivity contribution in [2.45, 2.75) is 38.5 Å². The Bertz CT molecular complexity index is 1190. The molecule has 0 radical (unpaired) electrons. The molecule has 33 heavy (non-hydrogen) atoms. The molecule has 17 nitrogen and oxygen atoms in total. The Labute approximate surface area is 186 Å².